The van der Waals surface area contributed by atoms with Crippen LogP contribution in [0.4, 0.5) is 13.2 Å². The number of nitrogens with zero attached hydrogens (tertiary/aromatic N) is 3. The number of nitrogens with two attached hydrogens (primary N) is 1. The molecule has 0 amide bonds. The largest absolute Gasteiger partial charge is 0.497 e. The van der Waals surface area contributed by atoms with Crippen molar-refractivity contribution in [3.63, 3.8) is 0 Å². The van der Waals surface area contributed by atoms with Gasteiger partial charge in [0.25, 0.3) is 5.82 Å². The van der Waals surface area contributed by atoms with Crippen molar-refractivity contribution in [3.05, 3.63) is 35.7 Å². The Morgan fingerprint density at radius 1 is 1.30 bits per heavy atom. The lowest BCUT2D eigenvalue weighted by molar-refractivity contribution is -0.146. The Kier molecular flexibility index (Phi) is 4.83. The first-order valence-corrected chi connectivity index (χ1v) is 7.24. The zero-order valence-electron chi connectivity index (χ0n) is 12.2. The van der Waals surface area contributed by atoms with Crippen molar-refractivity contribution in [1.82, 2.24) is 14.9 Å². The predicted octanol–water partition coefficient (Wildman–Crippen LogP) is 2.38. The Labute approximate surface area is 133 Å². The van der Waals surface area contributed by atoms with E-state index in [1.165, 1.54) is 7.11 Å². The molecule has 6 nitrogen and oxygen atoms in total. The van der Waals surface area contributed by atoms with Crippen molar-refractivity contribution in [1.29, 1.82) is 0 Å². The van der Waals surface area contributed by atoms with Gasteiger partial charge in [-0.2, -0.15) is 13.2 Å². The minimum Gasteiger partial charge on any atom is -0.497 e. The standard InChI is InChI=1S/C13H13F3N4O2S/c1-7(10(21)8-3-5-9(22-2)6-4-8)23-12-19-18-11(20(12)17)13(14,15)16/h3-7H,17H2,1-2H3. The Balaban J connectivity index is 2.13. The number of hydrogen-bond donors (Lipinski definition) is 1. The monoisotopic (exact) mass is 346 g/mol. The number of Topliss-reactive ketones (excluding diaryl/α,β-unsaturated/α-hetero) is 1. The van der Waals surface area contributed by atoms with Crippen molar-refractivity contribution in [2.24, 2.45) is 0 Å². The lowest BCUT2D eigenvalue weighted by atomic mass is 10.1. The zero-order valence-corrected chi connectivity index (χ0v) is 13.0. The highest BCUT2D eigenvalue weighted by atomic mass is 32.2. The molecule has 0 aliphatic heterocycles. The highest BCUT2D eigenvalue weighted by molar-refractivity contribution is 8.00. The molecule has 1 aromatic heterocycles. The van der Waals surface area contributed by atoms with Crippen LogP contribution in [0.5, 0.6) is 5.75 Å². The number of nitrogen functional groups attached to an aromatic ring is 1. The molecule has 0 aliphatic carbocycles. The van der Waals surface area contributed by atoms with E-state index < -0.39 is 17.3 Å². The van der Waals surface area contributed by atoms with Crippen molar-refractivity contribution >= 4 is 17.5 Å². The molecule has 0 spiro atoms. The van der Waals surface area contributed by atoms with Crippen LogP contribution in [0.1, 0.15) is 23.1 Å². The topological polar surface area (TPSA) is 83.0 Å². The Morgan fingerprint density at radius 2 is 1.91 bits per heavy atom. The predicted molar refractivity (Wildman–Crippen MR) is 77.8 cm³/mol. The molecule has 1 unspecified atom stereocenters. The Hall–Kier alpha value is -2.23. The lowest BCUT2D eigenvalue weighted by Gasteiger charge is -2.11. The average Bonchev–Trinajstić information content (AvgIpc) is 2.87. The molecule has 0 fully saturated rings. The van der Waals surface area contributed by atoms with Gasteiger partial charge in [0.2, 0.25) is 5.16 Å². The molecule has 0 radical (unpaired) electrons. The summed E-state index contributed by atoms with van der Waals surface area (Å²) < 4.78 is 43.1. The number of hydrogen-bond acceptors (Lipinski definition) is 6. The molecule has 124 valence electrons. The number of aromatic nitrogens is 3. The van der Waals surface area contributed by atoms with Gasteiger partial charge in [0, 0.05) is 5.56 Å². The number of rotatable bonds is 5. The molecule has 0 saturated heterocycles. The van der Waals surface area contributed by atoms with E-state index in [-0.39, 0.29) is 10.9 Å². The van der Waals surface area contributed by atoms with Crippen molar-refractivity contribution < 1.29 is 22.7 Å². The van der Waals surface area contributed by atoms with Gasteiger partial charge >= 0.3 is 6.18 Å². The number of halogens is 3. The molecule has 2 rings (SSSR count). The Morgan fingerprint density at radius 3 is 2.39 bits per heavy atom. The molecular formula is C13H13F3N4O2S. The van der Waals surface area contributed by atoms with Crippen LogP contribution < -0.4 is 10.6 Å². The highest BCUT2D eigenvalue weighted by Gasteiger charge is 2.38. The molecule has 1 heterocycles. The summed E-state index contributed by atoms with van der Waals surface area (Å²) in [5.41, 5.74) is 0.407. The van der Waals surface area contributed by atoms with E-state index in [4.69, 9.17) is 10.6 Å². The maximum atomic E-state index is 12.6. The van der Waals surface area contributed by atoms with Gasteiger partial charge in [0.15, 0.2) is 5.78 Å². The SMILES string of the molecule is COc1ccc(C(=O)C(C)Sc2nnc(C(F)(F)F)n2N)cc1. The first-order valence-electron chi connectivity index (χ1n) is 6.36. The van der Waals surface area contributed by atoms with E-state index in [2.05, 4.69) is 10.2 Å². The van der Waals surface area contributed by atoms with Crippen LogP contribution in [0.3, 0.4) is 0 Å². The summed E-state index contributed by atoms with van der Waals surface area (Å²) in [6.45, 7) is 1.55. The normalized spacial score (nSPS) is 12.9. The second-order valence-corrected chi connectivity index (χ2v) is 5.83. The third kappa shape index (κ3) is 3.76. The maximum absolute atomic E-state index is 12.6. The van der Waals surface area contributed by atoms with Crippen LogP contribution in [-0.4, -0.2) is 33.0 Å². The van der Waals surface area contributed by atoms with Crippen molar-refractivity contribution in [2.45, 2.75) is 23.5 Å². The zero-order chi connectivity index (χ0) is 17.2. The minimum absolute atomic E-state index is 0.188. The van der Waals surface area contributed by atoms with Crippen molar-refractivity contribution in [2.75, 3.05) is 13.0 Å². The minimum atomic E-state index is -4.70. The summed E-state index contributed by atoms with van der Waals surface area (Å²) >= 11 is 0.804. The van der Waals surface area contributed by atoms with E-state index in [1.54, 1.807) is 31.2 Å². The second kappa shape index (κ2) is 6.49. The second-order valence-electron chi connectivity index (χ2n) is 4.53. The number of carbonyl (C=O) groups excluding carboxylic acids is 1. The van der Waals surface area contributed by atoms with E-state index in [0.29, 0.717) is 16.0 Å². The number of ketones is 1. The van der Waals surface area contributed by atoms with Gasteiger partial charge in [-0.15, -0.1) is 10.2 Å². The molecule has 1 atom stereocenters. The summed E-state index contributed by atoms with van der Waals surface area (Å²) in [6, 6.07) is 6.40. The van der Waals surface area contributed by atoms with E-state index >= 15 is 0 Å². The Bertz CT molecular complexity index is 700. The number of methoxy groups -OCH3 is 1. The number of benzene rings is 1. The van der Waals surface area contributed by atoms with E-state index in [0.717, 1.165) is 11.8 Å². The summed E-state index contributed by atoms with van der Waals surface area (Å²) in [7, 11) is 1.50. The molecular weight excluding hydrogens is 333 g/mol. The fourth-order valence-electron chi connectivity index (χ4n) is 1.75. The lowest BCUT2D eigenvalue weighted by Crippen LogP contribution is -2.22. The number of thioether (sulfide) groups is 1. The van der Waals surface area contributed by atoms with Crippen LogP contribution >= 0.6 is 11.8 Å². The highest BCUT2D eigenvalue weighted by Crippen LogP contribution is 2.30. The van der Waals surface area contributed by atoms with Gasteiger partial charge < -0.3 is 10.6 Å². The van der Waals surface area contributed by atoms with Crippen LogP contribution in [0.2, 0.25) is 0 Å². The van der Waals surface area contributed by atoms with Gasteiger partial charge in [-0.05, 0) is 31.2 Å². The van der Waals surface area contributed by atoms with Gasteiger partial charge in [-0.1, -0.05) is 11.8 Å². The summed E-state index contributed by atoms with van der Waals surface area (Å²) in [5.74, 6) is 4.35. The van der Waals surface area contributed by atoms with Gasteiger partial charge in [0.1, 0.15) is 5.75 Å². The molecule has 2 N–H and O–H groups in total. The molecule has 0 aliphatic rings. The van der Waals surface area contributed by atoms with Gasteiger partial charge in [-0.25, -0.2) is 4.68 Å². The number of alkyl halides is 3. The molecule has 23 heavy (non-hydrogen) atoms. The number of carbonyl (C=O) groups is 1. The molecule has 1 aromatic carbocycles. The quantitative estimate of drug-likeness (QED) is 0.508. The fraction of sp³-hybridized carbons (Fsp3) is 0.308. The smallest absolute Gasteiger partial charge is 0.453 e. The van der Waals surface area contributed by atoms with E-state index in [9.17, 15) is 18.0 Å². The molecule has 2 aromatic rings. The van der Waals surface area contributed by atoms with Crippen LogP contribution in [0.25, 0.3) is 0 Å². The number of ether oxygens (including phenoxy) is 1. The van der Waals surface area contributed by atoms with E-state index in [1.807, 2.05) is 0 Å². The van der Waals surface area contributed by atoms with Crippen LogP contribution in [0.15, 0.2) is 29.4 Å². The average molecular weight is 346 g/mol. The van der Waals surface area contributed by atoms with Crippen LogP contribution in [-0.2, 0) is 6.18 Å². The first-order chi connectivity index (χ1) is 10.7. The third-order valence-corrected chi connectivity index (χ3v) is 4.00. The van der Waals surface area contributed by atoms with Crippen molar-refractivity contribution in [3.8, 4) is 5.75 Å². The molecule has 10 heteroatoms. The van der Waals surface area contributed by atoms with Gasteiger partial charge in [0.05, 0.1) is 12.4 Å². The fourth-order valence-corrected chi connectivity index (χ4v) is 2.60. The summed E-state index contributed by atoms with van der Waals surface area (Å²) in [4.78, 5) is 12.3. The summed E-state index contributed by atoms with van der Waals surface area (Å²) in [5, 5.41) is 5.52. The van der Waals surface area contributed by atoms with Crippen LogP contribution in [0, 0.1) is 0 Å². The van der Waals surface area contributed by atoms with Gasteiger partial charge in [-0.3, -0.25) is 4.79 Å². The third-order valence-electron chi connectivity index (χ3n) is 2.94. The first kappa shape index (κ1) is 17.1. The summed E-state index contributed by atoms with van der Waals surface area (Å²) in [6.07, 6.45) is -4.70. The molecule has 0 bridgehead atoms. The molecule has 0 saturated carbocycles. The maximum Gasteiger partial charge on any atom is 0.453 e.